The molecule has 0 spiro atoms. The first-order valence-electron chi connectivity index (χ1n) is 8.48. The molecule has 2 amide bonds. The smallest absolute Gasteiger partial charge is 0.263 e. The molecule has 0 saturated heterocycles. The van der Waals surface area contributed by atoms with E-state index in [1.807, 2.05) is 31.2 Å². The van der Waals surface area contributed by atoms with Gasteiger partial charge in [-0.3, -0.25) is 9.59 Å². The summed E-state index contributed by atoms with van der Waals surface area (Å²) in [5, 5.41) is 2.77. The van der Waals surface area contributed by atoms with Crippen molar-refractivity contribution in [2.24, 2.45) is 0 Å². The van der Waals surface area contributed by atoms with Gasteiger partial charge < -0.3 is 19.7 Å². The van der Waals surface area contributed by atoms with Crippen LogP contribution in [-0.4, -0.2) is 43.0 Å². The summed E-state index contributed by atoms with van der Waals surface area (Å²) in [6.07, 6.45) is -0.684. The molecule has 6 nitrogen and oxygen atoms in total. The van der Waals surface area contributed by atoms with Crippen molar-refractivity contribution >= 4 is 17.5 Å². The van der Waals surface area contributed by atoms with Crippen LogP contribution in [0.1, 0.15) is 13.8 Å². The topological polar surface area (TPSA) is 67.9 Å². The number of para-hydroxylation sites is 3. The molecule has 0 radical (unpaired) electrons. The molecule has 2 aromatic rings. The Balaban J connectivity index is 1.96. The van der Waals surface area contributed by atoms with Crippen molar-refractivity contribution in [1.29, 1.82) is 0 Å². The predicted octanol–water partition coefficient (Wildman–Crippen LogP) is 2.95. The van der Waals surface area contributed by atoms with Gasteiger partial charge in [0.25, 0.3) is 5.91 Å². The minimum atomic E-state index is -0.684. The number of likely N-dealkylation sites (N-methyl/N-ethyl adjacent to an activating group) is 1. The molecule has 6 heteroatoms. The third-order valence-electron chi connectivity index (χ3n) is 3.81. The largest absolute Gasteiger partial charge is 0.495 e. The summed E-state index contributed by atoms with van der Waals surface area (Å²) in [6.45, 7) is 3.84. The van der Waals surface area contributed by atoms with Gasteiger partial charge in [0, 0.05) is 6.54 Å². The Morgan fingerprint density at radius 3 is 2.38 bits per heavy atom. The number of carbonyl (C=O) groups is 2. The maximum absolute atomic E-state index is 12.6. The van der Waals surface area contributed by atoms with Gasteiger partial charge in [0.15, 0.2) is 6.10 Å². The van der Waals surface area contributed by atoms with Gasteiger partial charge in [-0.25, -0.2) is 0 Å². The predicted molar refractivity (Wildman–Crippen MR) is 100 cm³/mol. The summed E-state index contributed by atoms with van der Waals surface area (Å²) in [5.74, 6) is 0.641. The van der Waals surface area contributed by atoms with Gasteiger partial charge in [0.1, 0.15) is 11.5 Å². The Morgan fingerprint density at radius 1 is 1.08 bits per heavy atom. The lowest BCUT2D eigenvalue weighted by atomic mass is 10.2. The molecule has 2 aromatic carbocycles. The number of amides is 2. The van der Waals surface area contributed by atoms with E-state index in [0.29, 0.717) is 23.7 Å². The van der Waals surface area contributed by atoms with Gasteiger partial charge in [-0.2, -0.15) is 0 Å². The van der Waals surface area contributed by atoms with E-state index in [0.717, 1.165) is 0 Å². The zero-order valence-corrected chi connectivity index (χ0v) is 15.3. The van der Waals surface area contributed by atoms with Crippen LogP contribution in [0.2, 0.25) is 0 Å². The van der Waals surface area contributed by atoms with E-state index in [1.54, 1.807) is 37.3 Å². The molecule has 0 aliphatic carbocycles. The summed E-state index contributed by atoms with van der Waals surface area (Å²) in [6, 6.07) is 16.2. The Bertz CT molecular complexity index is 734. The number of nitrogens with zero attached hydrogens (tertiary/aromatic N) is 1. The van der Waals surface area contributed by atoms with Crippen molar-refractivity contribution in [2.45, 2.75) is 20.0 Å². The number of hydrogen-bond donors (Lipinski definition) is 1. The van der Waals surface area contributed by atoms with Crippen LogP contribution in [0.5, 0.6) is 11.5 Å². The van der Waals surface area contributed by atoms with Crippen LogP contribution in [0.3, 0.4) is 0 Å². The Morgan fingerprint density at radius 2 is 1.73 bits per heavy atom. The molecule has 0 saturated carbocycles. The second-order valence-electron chi connectivity index (χ2n) is 5.67. The highest BCUT2D eigenvalue weighted by Gasteiger charge is 2.23. The summed E-state index contributed by atoms with van der Waals surface area (Å²) < 4.78 is 10.9. The number of hydrogen-bond acceptors (Lipinski definition) is 4. The monoisotopic (exact) mass is 356 g/mol. The summed E-state index contributed by atoms with van der Waals surface area (Å²) in [5.41, 5.74) is 0.567. The van der Waals surface area contributed by atoms with Gasteiger partial charge in [0.2, 0.25) is 5.91 Å². The number of ether oxygens (including phenoxy) is 2. The Hall–Kier alpha value is -3.02. The van der Waals surface area contributed by atoms with Crippen LogP contribution in [0.25, 0.3) is 0 Å². The Kier molecular flexibility index (Phi) is 7.02. The number of methoxy groups -OCH3 is 1. The van der Waals surface area contributed by atoms with E-state index >= 15 is 0 Å². The normalized spacial score (nSPS) is 11.3. The van der Waals surface area contributed by atoms with Crippen molar-refractivity contribution in [1.82, 2.24) is 4.90 Å². The number of carbonyl (C=O) groups excluding carboxylic acids is 2. The van der Waals surface area contributed by atoms with E-state index in [4.69, 9.17) is 9.47 Å². The summed E-state index contributed by atoms with van der Waals surface area (Å²) in [7, 11) is 1.54. The van der Waals surface area contributed by atoms with Crippen molar-refractivity contribution < 1.29 is 19.1 Å². The van der Waals surface area contributed by atoms with Gasteiger partial charge in [0.05, 0.1) is 19.3 Å². The summed E-state index contributed by atoms with van der Waals surface area (Å²) >= 11 is 0. The number of anilines is 1. The quantitative estimate of drug-likeness (QED) is 0.790. The first-order valence-corrected chi connectivity index (χ1v) is 8.48. The van der Waals surface area contributed by atoms with Crippen molar-refractivity contribution in [2.75, 3.05) is 25.5 Å². The van der Waals surface area contributed by atoms with Crippen LogP contribution < -0.4 is 14.8 Å². The summed E-state index contributed by atoms with van der Waals surface area (Å²) in [4.78, 5) is 26.4. The maximum atomic E-state index is 12.6. The standard InChI is InChI=1S/C20H24N2O4/c1-4-22(20(24)15(2)26-16-10-6-5-7-11-16)14-19(23)21-17-12-8-9-13-18(17)25-3/h5-13,15H,4,14H2,1-3H3,(H,21,23). The lowest BCUT2D eigenvalue weighted by Crippen LogP contribution is -2.44. The second-order valence-corrected chi connectivity index (χ2v) is 5.67. The first-order chi connectivity index (χ1) is 12.5. The molecule has 0 bridgehead atoms. The zero-order chi connectivity index (χ0) is 18.9. The zero-order valence-electron chi connectivity index (χ0n) is 15.3. The molecule has 138 valence electrons. The average molecular weight is 356 g/mol. The molecule has 2 rings (SSSR count). The highest BCUT2D eigenvalue weighted by atomic mass is 16.5. The van der Waals surface area contributed by atoms with E-state index in [9.17, 15) is 9.59 Å². The molecule has 0 aliphatic rings. The van der Waals surface area contributed by atoms with E-state index in [2.05, 4.69) is 5.32 Å². The van der Waals surface area contributed by atoms with Crippen molar-refractivity contribution in [3.8, 4) is 11.5 Å². The average Bonchev–Trinajstić information content (AvgIpc) is 2.66. The van der Waals surface area contributed by atoms with Gasteiger partial charge in [-0.05, 0) is 38.1 Å². The highest BCUT2D eigenvalue weighted by Crippen LogP contribution is 2.22. The molecule has 1 N–H and O–H groups in total. The molecule has 0 heterocycles. The van der Waals surface area contributed by atoms with E-state index in [-0.39, 0.29) is 18.4 Å². The molecule has 1 unspecified atom stereocenters. The molecule has 0 aliphatic heterocycles. The minimum absolute atomic E-state index is 0.0597. The van der Waals surface area contributed by atoms with Crippen LogP contribution in [-0.2, 0) is 9.59 Å². The lowest BCUT2D eigenvalue weighted by molar-refractivity contribution is -0.140. The third-order valence-corrected chi connectivity index (χ3v) is 3.81. The van der Waals surface area contributed by atoms with E-state index in [1.165, 1.54) is 12.0 Å². The van der Waals surface area contributed by atoms with Crippen LogP contribution in [0.4, 0.5) is 5.69 Å². The first kappa shape index (κ1) is 19.3. The fourth-order valence-corrected chi connectivity index (χ4v) is 2.47. The SMILES string of the molecule is CCN(CC(=O)Nc1ccccc1OC)C(=O)C(C)Oc1ccccc1. The van der Waals surface area contributed by atoms with Gasteiger partial charge in [-0.1, -0.05) is 30.3 Å². The number of benzene rings is 2. The van der Waals surface area contributed by atoms with Gasteiger partial charge in [-0.15, -0.1) is 0 Å². The minimum Gasteiger partial charge on any atom is -0.495 e. The molecule has 0 fully saturated rings. The van der Waals surface area contributed by atoms with Crippen molar-refractivity contribution in [3.05, 3.63) is 54.6 Å². The number of nitrogens with one attached hydrogen (secondary N) is 1. The number of rotatable bonds is 8. The molecule has 1 atom stereocenters. The molecular formula is C20H24N2O4. The Labute approximate surface area is 153 Å². The fraction of sp³-hybridized carbons (Fsp3) is 0.300. The molecule has 0 aromatic heterocycles. The van der Waals surface area contributed by atoms with Crippen LogP contribution >= 0.6 is 0 Å². The third kappa shape index (κ3) is 5.24. The van der Waals surface area contributed by atoms with Crippen molar-refractivity contribution in [3.63, 3.8) is 0 Å². The van der Waals surface area contributed by atoms with E-state index < -0.39 is 6.10 Å². The maximum Gasteiger partial charge on any atom is 0.263 e. The second kappa shape index (κ2) is 9.46. The molecule has 26 heavy (non-hydrogen) atoms. The molecular weight excluding hydrogens is 332 g/mol. The highest BCUT2D eigenvalue weighted by molar-refractivity contribution is 5.96. The van der Waals surface area contributed by atoms with Crippen LogP contribution in [0.15, 0.2) is 54.6 Å². The van der Waals surface area contributed by atoms with Crippen LogP contribution in [0, 0.1) is 0 Å². The van der Waals surface area contributed by atoms with Gasteiger partial charge >= 0.3 is 0 Å². The fourth-order valence-electron chi connectivity index (χ4n) is 2.47. The lowest BCUT2D eigenvalue weighted by Gasteiger charge is -2.24.